The van der Waals surface area contributed by atoms with E-state index < -0.39 is 30.8 Å². The van der Waals surface area contributed by atoms with Crippen molar-refractivity contribution < 1.29 is 23.1 Å². The van der Waals surface area contributed by atoms with Crippen LogP contribution in [0.25, 0.3) is 0 Å². The Balaban J connectivity index is 2.23. The zero-order valence-corrected chi connectivity index (χ0v) is 10.8. The number of rotatable bonds is 2. The van der Waals surface area contributed by atoms with E-state index in [0.29, 0.717) is 0 Å². The molecule has 110 valence electrons. The largest absolute Gasteiger partial charge is 0.438 e. The van der Waals surface area contributed by atoms with Gasteiger partial charge in [-0.2, -0.15) is 28.4 Å². The minimum atomic E-state index is -4.98. The minimum absolute atomic E-state index is 0.0369. The highest BCUT2D eigenvalue weighted by Gasteiger charge is 2.62. The van der Waals surface area contributed by atoms with E-state index in [0.717, 1.165) is 5.56 Å². The van der Waals surface area contributed by atoms with Gasteiger partial charge in [0.25, 0.3) is 11.6 Å². The van der Waals surface area contributed by atoms with Crippen LogP contribution in [0, 0.1) is 6.92 Å². The molecule has 0 saturated heterocycles. The van der Waals surface area contributed by atoms with E-state index in [1.54, 1.807) is 6.92 Å². The van der Waals surface area contributed by atoms with Crippen LogP contribution in [0.4, 0.5) is 13.2 Å². The number of hydrazone groups is 1. The number of hydrogen-bond donors (Lipinski definition) is 1. The summed E-state index contributed by atoms with van der Waals surface area (Å²) in [7, 11) is 0. The van der Waals surface area contributed by atoms with Gasteiger partial charge < -0.3 is 5.11 Å². The molecular formula is C11H13F3N4O2. The number of nitrogens with zero attached hydrogens (tertiary/aromatic N) is 4. The van der Waals surface area contributed by atoms with Crippen LogP contribution in [0.5, 0.6) is 0 Å². The van der Waals surface area contributed by atoms with Crippen LogP contribution in [0.2, 0.25) is 0 Å². The molecule has 1 aromatic rings. The molecule has 0 aromatic carbocycles. The predicted molar refractivity (Wildman–Crippen MR) is 62.5 cm³/mol. The molecule has 1 aromatic heterocycles. The first-order chi connectivity index (χ1) is 9.13. The van der Waals surface area contributed by atoms with Gasteiger partial charge in [0, 0.05) is 18.3 Å². The molecule has 0 bridgehead atoms. The normalized spacial score (nSPS) is 23.1. The van der Waals surface area contributed by atoms with Crippen molar-refractivity contribution in [3.05, 3.63) is 18.0 Å². The molecule has 0 aliphatic carbocycles. The second-order valence-electron chi connectivity index (χ2n) is 4.75. The average molecular weight is 290 g/mol. The minimum Gasteiger partial charge on any atom is -0.362 e. The second kappa shape index (κ2) is 4.58. The molecule has 2 rings (SSSR count). The molecule has 1 aliphatic heterocycles. The van der Waals surface area contributed by atoms with E-state index in [4.69, 9.17) is 0 Å². The molecule has 1 unspecified atom stereocenters. The maximum absolute atomic E-state index is 12.9. The summed E-state index contributed by atoms with van der Waals surface area (Å²) in [4.78, 5) is 11.9. The van der Waals surface area contributed by atoms with Crippen LogP contribution < -0.4 is 0 Å². The van der Waals surface area contributed by atoms with Gasteiger partial charge in [-0.25, -0.2) is 0 Å². The summed E-state index contributed by atoms with van der Waals surface area (Å²) in [5.74, 6) is -0.982. The standard InChI is InChI=1S/C11H13F3N4O2/c1-7-4-15-17(5-7)6-9(19)18-10(20,11(12,13)14)3-8(2)16-18/h4-5,20H,3,6H2,1-2H3. The summed E-state index contributed by atoms with van der Waals surface area (Å²) in [6.45, 7) is 2.63. The van der Waals surface area contributed by atoms with E-state index >= 15 is 0 Å². The molecule has 2 heterocycles. The number of halogens is 3. The summed E-state index contributed by atoms with van der Waals surface area (Å²) in [5.41, 5.74) is -2.48. The molecule has 6 nitrogen and oxygen atoms in total. The Morgan fingerprint density at radius 1 is 1.50 bits per heavy atom. The number of carbonyl (C=O) groups is 1. The van der Waals surface area contributed by atoms with Gasteiger partial charge in [0.05, 0.1) is 6.20 Å². The van der Waals surface area contributed by atoms with Crippen molar-refractivity contribution in [2.75, 3.05) is 0 Å². The molecule has 1 N–H and O–H groups in total. The van der Waals surface area contributed by atoms with E-state index in [9.17, 15) is 23.1 Å². The fourth-order valence-electron chi connectivity index (χ4n) is 1.96. The third-order valence-corrected chi connectivity index (χ3v) is 2.87. The zero-order chi connectivity index (χ0) is 15.1. The van der Waals surface area contributed by atoms with Crippen molar-refractivity contribution >= 4 is 11.6 Å². The van der Waals surface area contributed by atoms with Crippen molar-refractivity contribution in [3.8, 4) is 0 Å². The lowest BCUT2D eigenvalue weighted by atomic mass is 10.1. The predicted octanol–water partition coefficient (Wildman–Crippen LogP) is 1.05. The third-order valence-electron chi connectivity index (χ3n) is 2.87. The average Bonchev–Trinajstić information content (AvgIpc) is 2.82. The lowest BCUT2D eigenvalue weighted by molar-refractivity contribution is -0.302. The van der Waals surface area contributed by atoms with Gasteiger partial charge in [-0.05, 0) is 19.4 Å². The van der Waals surface area contributed by atoms with Crippen molar-refractivity contribution in [2.45, 2.75) is 38.7 Å². The molecule has 0 saturated carbocycles. The van der Waals surface area contributed by atoms with Crippen LogP contribution >= 0.6 is 0 Å². The maximum atomic E-state index is 12.9. The first-order valence-corrected chi connectivity index (χ1v) is 5.79. The molecule has 9 heteroatoms. The number of alkyl halides is 3. The highest BCUT2D eigenvalue weighted by Crippen LogP contribution is 2.40. The van der Waals surface area contributed by atoms with E-state index in [2.05, 4.69) is 10.2 Å². The Labute approximate surface area is 112 Å². The topological polar surface area (TPSA) is 70.7 Å². The summed E-state index contributed by atoms with van der Waals surface area (Å²) in [5, 5.41) is 17.2. The molecule has 0 fully saturated rings. The Morgan fingerprint density at radius 3 is 2.65 bits per heavy atom. The number of aliphatic hydroxyl groups is 1. The Bertz CT molecular complexity index is 566. The quantitative estimate of drug-likeness (QED) is 0.885. The number of aryl methyl sites for hydroxylation is 1. The first kappa shape index (κ1) is 14.5. The van der Waals surface area contributed by atoms with Crippen LogP contribution in [0.3, 0.4) is 0 Å². The van der Waals surface area contributed by atoms with Crippen LogP contribution in [0.1, 0.15) is 18.9 Å². The van der Waals surface area contributed by atoms with Crippen LogP contribution in [-0.2, 0) is 11.3 Å². The van der Waals surface area contributed by atoms with Gasteiger partial charge in [-0.15, -0.1) is 0 Å². The van der Waals surface area contributed by atoms with Gasteiger partial charge in [0.2, 0.25) is 0 Å². The van der Waals surface area contributed by atoms with Gasteiger partial charge in [-0.1, -0.05) is 0 Å². The van der Waals surface area contributed by atoms with Crippen molar-refractivity contribution in [2.24, 2.45) is 5.10 Å². The summed E-state index contributed by atoms with van der Waals surface area (Å²) in [6.07, 6.45) is -2.75. The fraction of sp³-hybridized carbons (Fsp3) is 0.545. The van der Waals surface area contributed by atoms with E-state index in [1.807, 2.05) is 0 Å². The molecule has 1 aliphatic rings. The van der Waals surface area contributed by atoms with Crippen molar-refractivity contribution in [3.63, 3.8) is 0 Å². The third kappa shape index (κ3) is 2.40. The molecular weight excluding hydrogens is 277 g/mol. The number of amides is 1. The van der Waals surface area contributed by atoms with Crippen LogP contribution in [-0.4, -0.2) is 43.4 Å². The molecule has 20 heavy (non-hydrogen) atoms. The Hall–Kier alpha value is -1.90. The Kier molecular flexibility index (Phi) is 3.32. The summed E-state index contributed by atoms with van der Waals surface area (Å²) < 4.78 is 40.0. The molecule has 0 radical (unpaired) electrons. The molecule has 1 amide bonds. The van der Waals surface area contributed by atoms with E-state index in [-0.39, 0.29) is 10.7 Å². The first-order valence-electron chi connectivity index (χ1n) is 5.79. The number of carbonyl (C=O) groups excluding carboxylic acids is 1. The maximum Gasteiger partial charge on any atom is 0.438 e. The number of aromatic nitrogens is 2. The smallest absolute Gasteiger partial charge is 0.362 e. The van der Waals surface area contributed by atoms with Gasteiger partial charge in [0.1, 0.15) is 6.54 Å². The van der Waals surface area contributed by atoms with Crippen molar-refractivity contribution in [1.29, 1.82) is 0 Å². The summed E-state index contributed by atoms with van der Waals surface area (Å²) in [6, 6.07) is 0. The van der Waals surface area contributed by atoms with Crippen molar-refractivity contribution in [1.82, 2.24) is 14.8 Å². The lowest BCUT2D eigenvalue weighted by Gasteiger charge is -2.32. The summed E-state index contributed by atoms with van der Waals surface area (Å²) >= 11 is 0. The fourth-order valence-corrected chi connectivity index (χ4v) is 1.96. The molecule has 1 atom stereocenters. The second-order valence-corrected chi connectivity index (χ2v) is 4.75. The molecule has 0 spiro atoms. The number of hydrogen-bond acceptors (Lipinski definition) is 4. The van der Waals surface area contributed by atoms with Gasteiger partial charge in [-0.3, -0.25) is 9.48 Å². The highest BCUT2D eigenvalue weighted by molar-refractivity contribution is 5.89. The zero-order valence-electron chi connectivity index (χ0n) is 10.8. The van der Waals surface area contributed by atoms with Gasteiger partial charge in [0.15, 0.2) is 0 Å². The van der Waals surface area contributed by atoms with E-state index in [1.165, 1.54) is 24.0 Å². The monoisotopic (exact) mass is 290 g/mol. The SMILES string of the molecule is CC1=NN(C(=O)Cn2cc(C)cn2)C(O)(C(F)(F)F)C1. The lowest BCUT2D eigenvalue weighted by Crippen LogP contribution is -2.57. The van der Waals surface area contributed by atoms with Gasteiger partial charge >= 0.3 is 6.18 Å². The van der Waals surface area contributed by atoms with Crippen LogP contribution in [0.15, 0.2) is 17.5 Å². The highest BCUT2D eigenvalue weighted by atomic mass is 19.4. The Morgan fingerprint density at radius 2 is 2.15 bits per heavy atom.